The molecule has 0 radical (unpaired) electrons. The predicted octanol–water partition coefficient (Wildman–Crippen LogP) is 1.25. The molecule has 1 aromatic heterocycles. The van der Waals surface area contributed by atoms with Crippen LogP contribution in [0.15, 0.2) is 22.9 Å². The second kappa shape index (κ2) is 4.87. The summed E-state index contributed by atoms with van der Waals surface area (Å²) in [5.41, 5.74) is 1.32. The molecule has 1 N–H and O–H groups in total. The Morgan fingerprint density at radius 1 is 1.43 bits per heavy atom. The minimum atomic E-state index is 1.02. The highest BCUT2D eigenvalue weighted by Crippen LogP contribution is 2.16. The molecule has 3 nitrogen and oxygen atoms in total. The molecule has 1 aliphatic rings. The summed E-state index contributed by atoms with van der Waals surface area (Å²) >= 11 is 3.52. The molecular weight excluding hydrogens is 242 g/mol. The Labute approximate surface area is 92.6 Å². The molecule has 2 rings (SSSR count). The molecule has 1 saturated heterocycles. The van der Waals surface area contributed by atoms with E-state index in [0.717, 1.165) is 37.2 Å². The number of pyridine rings is 1. The molecule has 0 amide bonds. The number of halogens is 1. The van der Waals surface area contributed by atoms with E-state index in [9.17, 15) is 0 Å². The summed E-state index contributed by atoms with van der Waals surface area (Å²) in [5, 5.41) is 3.35. The molecule has 0 aromatic carbocycles. The number of hydrogen-bond acceptors (Lipinski definition) is 3. The first-order valence-corrected chi connectivity index (χ1v) is 5.67. The average Bonchev–Trinajstić information content (AvgIpc) is 2.23. The molecule has 1 aliphatic heterocycles. The summed E-state index contributed by atoms with van der Waals surface area (Å²) in [6.45, 7) is 5.49. The average molecular weight is 256 g/mol. The van der Waals surface area contributed by atoms with Crippen LogP contribution in [0.2, 0.25) is 0 Å². The van der Waals surface area contributed by atoms with Crippen LogP contribution in [0.5, 0.6) is 0 Å². The Hall–Kier alpha value is -0.450. The van der Waals surface area contributed by atoms with E-state index in [1.807, 2.05) is 12.4 Å². The van der Waals surface area contributed by atoms with E-state index in [-0.39, 0.29) is 0 Å². The molecule has 2 heterocycles. The fourth-order valence-corrected chi connectivity index (χ4v) is 2.02. The largest absolute Gasteiger partial charge is 0.314 e. The maximum Gasteiger partial charge on any atom is 0.0413 e. The van der Waals surface area contributed by atoms with Crippen molar-refractivity contribution in [3.05, 3.63) is 28.5 Å². The molecule has 1 fully saturated rings. The molecule has 0 unspecified atom stereocenters. The molecule has 0 atom stereocenters. The zero-order chi connectivity index (χ0) is 9.80. The second-order valence-electron chi connectivity index (χ2n) is 3.49. The van der Waals surface area contributed by atoms with Gasteiger partial charge in [0.1, 0.15) is 0 Å². The zero-order valence-electron chi connectivity index (χ0n) is 8.04. The van der Waals surface area contributed by atoms with E-state index in [4.69, 9.17) is 0 Å². The van der Waals surface area contributed by atoms with Crippen LogP contribution in [0.1, 0.15) is 5.56 Å². The van der Waals surface area contributed by atoms with Crippen molar-refractivity contribution >= 4 is 15.9 Å². The summed E-state index contributed by atoms with van der Waals surface area (Å²) in [5.74, 6) is 0. The van der Waals surface area contributed by atoms with E-state index in [1.165, 1.54) is 5.56 Å². The van der Waals surface area contributed by atoms with Crippen LogP contribution in [0, 0.1) is 0 Å². The van der Waals surface area contributed by atoms with Gasteiger partial charge >= 0.3 is 0 Å². The number of nitrogens with zero attached hydrogens (tertiary/aromatic N) is 2. The van der Waals surface area contributed by atoms with Gasteiger partial charge in [0, 0.05) is 49.6 Å². The highest BCUT2D eigenvalue weighted by Gasteiger charge is 2.10. The lowest BCUT2D eigenvalue weighted by atomic mass is 10.2. The predicted molar refractivity (Wildman–Crippen MR) is 60.1 cm³/mol. The molecule has 76 valence electrons. The second-order valence-corrected chi connectivity index (χ2v) is 4.35. The first kappa shape index (κ1) is 10.1. The van der Waals surface area contributed by atoms with Crippen LogP contribution in [0.3, 0.4) is 0 Å². The van der Waals surface area contributed by atoms with Gasteiger partial charge in [-0.1, -0.05) is 0 Å². The van der Waals surface area contributed by atoms with Gasteiger partial charge in [0.15, 0.2) is 0 Å². The van der Waals surface area contributed by atoms with Gasteiger partial charge in [-0.3, -0.25) is 9.88 Å². The Kier molecular flexibility index (Phi) is 3.50. The number of piperazine rings is 1. The van der Waals surface area contributed by atoms with Crippen molar-refractivity contribution in [1.29, 1.82) is 0 Å². The number of nitrogens with one attached hydrogen (secondary N) is 1. The Morgan fingerprint density at radius 2 is 2.21 bits per heavy atom. The maximum atomic E-state index is 4.06. The number of aromatic nitrogens is 1. The lowest BCUT2D eigenvalue weighted by Crippen LogP contribution is -2.42. The van der Waals surface area contributed by atoms with Crippen molar-refractivity contribution in [3.63, 3.8) is 0 Å². The van der Waals surface area contributed by atoms with E-state index >= 15 is 0 Å². The van der Waals surface area contributed by atoms with Crippen LogP contribution in [0.25, 0.3) is 0 Å². The summed E-state index contributed by atoms with van der Waals surface area (Å²) in [6, 6.07) is 2.08. The summed E-state index contributed by atoms with van der Waals surface area (Å²) < 4.78 is 1.11. The van der Waals surface area contributed by atoms with Gasteiger partial charge in [-0.25, -0.2) is 0 Å². The van der Waals surface area contributed by atoms with Crippen LogP contribution >= 0.6 is 15.9 Å². The molecule has 0 aliphatic carbocycles. The topological polar surface area (TPSA) is 28.2 Å². The van der Waals surface area contributed by atoms with E-state index < -0.39 is 0 Å². The Bertz CT molecular complexity index is 297. The molecule has 4 heteroatoms. The molecule has 0 spiro atoms. The Balaban J connectivity index is 1.99. The van der Waals surface area contributed by atoms with Crippen molar-refractivity contribution in [1.82, 2.24) is 15.2 Å². The third-order valence-electron chi connectivity index (χ3n) is 2.46. The molecule has 0 bridgehead atoms. The Morgan fingerprint density at radius 3 is 2.93 bits per heavy atom. The van der Waals surface area contributed by atoms with E-state index in [0.29, 0.717) is 0 Å². The van der Waals surface area contributed by atoms with Gasteiger partial charge in [0.2, 0.25) is 0 Å². The summed E-state index contributed by atoms with van der Waals surface area (Å²) in [6.07, 6.45) is 3.71. The van der Waals surface area contributed by atoms with Crippen LogP contribution in [0.4, 0.5) is 0 Å². The number of rotatable bonds is 2. The quantitative estimate of drug-likeness (QED) is 0.863. The molecule has 0 saturated carbocycles. The molecule has 14 heavy (non-hydrogen) atoms. The van der Waals surface area contributed by atoms with Crippen LogP contribution < -0.4 is 5.32 Å². The highest BCUT2D eigenvalue weighted by molar-refractivity contribution is 9.10. The lowest BCUT2D eigenvalue weighted by Gasteiger charge is -2.27. The maximum absolute atomic E-state index is 4.06. The monoisotopic (exact) mass is 255 g/mol. The lowest BCUT2D eigenvalue weighted by molar-refractivity contribution is 0.233. The molecular formula is C10H14BrN3. The van der Waals surface area contributed by atoms with Gasteiger partial charge in [-0.15, -0.1) is 0 Å². The van der Waals surface area contributed by atoms with Crippen LogP contribution in [-0.2, 0) is 6.54 Å². The third kappa shape index (κ3) is 2.53. The van der Waals surface area contributed by atoms with Gasteiger partial charge in [-0.2, -0.15) is 0 Å². The highest BCUT2D eigenvalue weighted by atomic mass is 79.9. The van der Waals surface area contributed by atoms with Gasteiger partial charge in [0.25, 0.3) is 0 Å². The van der Waals surface area contributed by atoms with Gasteiger partial charge in [-0.05, 0) is 27.6 Å². The smallest absolute Gasteiger partial charge is 0.0413 e. The fraction of sp³-hybridized carbons (Fsp3) is 0.500. The third-order valence-corrected chi connectivity index (χ3v) is 3.17. The summed E-state index contributed by atoms with van der Waals surface area (Å²) in [4.78, 5) is 6.52. The van der Waals surface area contributed by atoms with Gasteiger partial charge < -0.3 is 5.32 Å². The van der Waals surface area contributed by atoms with Crippen molar-refractivity contribution in [2.24, 2.45) is 0 Å². The number of hydrogen-bond donors (Lipinski definition) is 1. The van der Waals surface area contributed by atoms with Crippen molar-refractivity contribution in [2.45, 2.75) is 6.54 Å². The SMILES string of the molecule is Brc1cnccc1CN1CCNCC1. The first-order valence-electron chi connectivity index (χ1n) is 4.88. The summed E-state index contributed by atoms with van der Waals surface area (Å²) in [7, 11) is 0. The van der Waals surface area contributed by atoms with Crippen molar-refractivity contribution in [2.75, 3.05) is 26.2 Å². The normalized spacial score (nSPS) is 18.4. The van der Waals surface area contributed by atoms with Crippen molar-refractivity contribution in [3.8, 4) is 0 Å². The first-order chi connectivity index (χ1) is 6.86. The van der Waals surface area contributed by atoms with E-state index in [1.54, 1.807) is 0 Å². The van der Waals surface area contributed by atoms with Crippen LogP contribution in [-0.4, -0.2) is 36.1 Å². The molecule has 1 aromatic rings. The zero-order valence-corrected chi connectivity index (χ0v) is 9.63. The minimum Gasteiger partial charge on any atom is -0.314 e. The van der Waals surface area contributed by atoms with E-state index in [2.05, 4.69) is 37.2 Å². The fourth-order valence-electron chi connectivity index (χ4n) is 1.64. The van der Waals surface area contributed by atoms with Gasteiger partial charge in [0.05, 0.1) is 0 Å². The minimum absolute atomic E-state index is 1.02. The van der Waals surface area contributed by atoms with Crippen molar-refractivity contribution < 1.29 is 0 Å². The standard InChI is InChI=1S/C10H14BrN3/c11-10-7-13-2-1-9(10)8-14-5-3-12-4-6-14/h1-2,7,12H,3-6,8H2.